The van der Waals surface area contributed by atoms with E-state index in [4.69, 9.17) is 4.74 Å². The van der Waals surface area contributed by atoms with Crippen molar-refractivity contribution < 1.29 is 13.5 Å². The summed E-state index contributed by atoms with van der Waals surface area (Å²) in [6, 6.07) is 0. The zero-order chi connectivity index (χ0) is 17.1. The molecular formula is C14H27F2IN6O. The van der Waals surface area contributed by atoms with Crippen molar-refractivity contribution in [1.29, 1.82) is 0 Å². The molecule has 0 spiro atoms. The van der Waals surface area contributed by atoms with Crippen LogP contribution in [0.4, 0.5) is 8.78 Å². The first kappa shape index (κ1) is 23.0. The molecular weight excluding hydrogens is 433 g/mol. The molecule has 0 aromatic carbocycles. The molecule has 10 heteroatoms. The first-order chi connectivity index (χ1) is 11.1. The quantitative estimate of drug-likeness (QED) is 0.240. The summed E-state index contributed by atoms with van der Waals surface area (Å²) < 4.78 is 31.3. The van der Waals surface area contributed by atoms with Crippen LogP contribution in [0.25, 0.3) is 0 Å². The molecule has 140 valence electrons. The van der Waals surface area contributed by atoms with Crippen molar-refractivity contribution >= 4 is 29.9 Å². The van der Waals surface area contributed by atoms with Gasteiger partial charge in [0.2, 0.25) is 0 Å². The van der Waals surface area contributed by atoms with Crippen LogP contribution in [0, 0.1) is 0 Å². The number of methoxy groups -OCH3 is 1. The van der Waals surface area contributed by atoms with Gasteiger partial charge in [-0.3, -0.25) is 9.56 Å². The number of imidazole rings is 1. The number of aliphatic imine (C=N–C) groups is 1. The number of ether oxygens (including phenoxy) is 1. The zero-order valence-corrected chi connectivity index (χ0v) is 16.7. The summed E-state index contributed by atoms with van der Waals surface area (Å²) in [5.74, 6) is 0.818. The standard InChI is InChI=1S/C14H26F2N6O.HI/c1-17-14(19-5-8-21(2)7-4-10-23-3)20-11-12-18-6-9-22(12)13(15)16;/h6,9,13H,4-5,7-8,10-11H2,1-3H3,(H2,17,19,20);1H. The van der Waals surface area contributed by atoms with Crippen LogP contribution in [-0.4, -0.2) is 67.9 Å². The number of alkyl halides is 2. The summed E-state index contributed by atoms with van der Waals surface area (Å²) in [5.41, 5.74) is 0. The van der Waals surface area contributed by atoms with E-state index in [-0.39, 0.29) is 36.3 Å². The lowest BCUT2D eigenvalue weighted by Crippen LogP contribution is -2.41. The van der Waals surface area contributed by atoms with Crippen molar-refractivity contribution in [1.82, 2.24) is 25.1 Å². The molecule has 0 radical (unpaired) electrons. The van der Waals surface area contributed by atoms with Crippen molar-refractivity contribution in [2.75, 3.05) is 47.4 Å². The van der Waals surface area contributed by atoms with Gasteiger partial charge in [-0.1, -0.05) is 0 Å². The number of hydrogen-bond donors (Lipinski definition) is 2. The Morgan fingerprint density at radius 2 is 2.17 bits per heavy atom. The number of nitrogens with one attached hydrogen (secondary N) is 2. The zero-order valence-electron chi connectivity index (χ0n) is 14.3. The lowest BCUT2D eigenvalue weighted by Gasteiger charge is -2.18. The fraction of sp³-hybridized carbons (Fsp3) is 0.714. The van der Waals surface area contributed by atoms with Gasteiger partial charge in [0.1, 0.15) is 5.82 Å². The van der Waals surface area contributed by atoms with E-state index in [1.165, 1.54) is 12.4 Å². The van der Waals surface area contributed by atoms with Gasteiger partial charge in [0.25, 0.3) is 0 Å². The van der Waals surface area contributed by atoms with E-state index >= 15 is 0 Å². The van der Waals surface area contributed by atoms with Gasteiger partial charge < -0.3 is 20.3 Å². The molecule has 2 N–H and O–H groups in total. The van der Waals surface area contributed by atoms with Crippen molar-refractivity contribution in [2.45, 2.75) is 19.5 Å². The summed E-state index contributed by atoms with van der Waals surface area (Å²) in [4.78, 5) is 10.2. The molecule has 1 heterocycles. The molecule has 0 fully saturated rings. The Morgan fingerprint density at radius 1 is 1.42 bits per heavy atom. The molecule has 0 aliphatic rings. The van der Waals surface area contributed by atoms with Crippen LogP contribution in [0.15, 0.2) is 17.4 Å². The van der Waals surface area contributed by atoms with Gasteiger partial charge in [-0.15, -0.1) is 24.0 Å². The molecule has 0 saturated heterocycles. The second-order valence-corrected chi connectivity index (χ2v) is 5.03. The van der Waals surface area contributed by atoms with E-state index in [0.29, 0.717) is 12.5 Å². The molecule has 24 heavy (non-hydrogen) atoms. The summed E-state index contributed by atoms with van der Waals surface area (Å²) in [6.07, 6.45) is 3.59. The fourth-order valence-electron chi connectivity index (χ4n) is 2.00. The lowest BCUT2D eigenvalue weighted by molar-refractivity contribution is 0.0668. The molecule has 0 aliphatic carbocycles. The lowest BCUT2D eigenvalue weighted by atomic mass is 10.4. The fourth-order valence-corrected chi connectivity index (χ4v) is 2.00. The van der Waals surface area contributed by atoms with E-state index in [9.17, 15) is 8.78 Å². The molecule has 0 amide bonds. The number of hydrogen-bond acceptors (Lipinski definition) is 4. The van der Waals surface area contributed by atoms with Gasteiger partial charge in [0, 0.05) is 52.8 Å². The van der Waals surface area contributed by atoms with Gasteiger partial charge in [0.15, 0.2) is 5.96 Å². The minimum Gasteiger partial charge on any atom is -0.385 e. The predicted octanol–water partition coefficient (Wildman–Crippen LogP) is 1.53. The van der Waals surface area contributed by atoms with E-state index in [1.54, 1.807) is 14.2 Å². The Morgan fingerprint density at radius 3 is 2.79 bits per heavy atom. The van der Waals surface area contributed by atoms with Crippen LogP contribution in [-0.2, 0) is 11.3 Å². The summed E-state index contributed by atoms with van der Waals surface area (Å²) >= 11 is 0. The summed E-state index contributed by atoms with van der Waals surface area (Å²) in [7, 11) is 5.36. The highest BCUT2D eigenvalue weighted by Gasteiger charge is 2.11. The van der Waals surface area contributed by atoms with Crippen LogP contribution in [0.1, 0.15) is 18.8 Å². The van der Waals surface area contributed by atoms with Crippen LogP contribution in [0.2, 0.25) is 0 Å². The normalized spacial score (nSPS) is 11.7. The second kappa shape index (κ2) is 13.3. The van der Waals surface area contributed by atoms with E-state index in [2.05, 4.69) is 25.5 Å². The third-order valence-electron chi connectivity index (χ3n) is 3.27. The summed E-state index contributed by atoms with van der Waals surface area (Å²) in [6.45, 7) is 0.832. The highest BCUT2D eigenvalue weighted by Crippen LogP contribution is 2.11. The SMILES string of the molecule is CN=C(NCCN(C)CCCOC)NCc1nccn1C(F)F.I. The molecule has 7 nitrogen and oxygen atoms in total. The number of rotatable bonds is 10. The smallest absolute Gasteiger partial charge is 0.319 e. The maximum atomic E-state index is 12.7. The van der Waals surface area contributed by atoms with Crippen LogP contribution in [0.5, 0.6) is 0 Å². The maximum Gasteiger partial charge on any atom is 0.319 e. The van der Waals surface area contributed by atoms with Crippen LogP contribution < -0.4 is 10.6 Å². The first-order valence-electron chi connectivity index (χ1n) is 7.50. The Bertz CT molecular complexity index is 472. The Balaban J connectivity index is 0.00000529. The Hall–Kier alpha value is -1.01. The molecule has 1 aromatic rings. The monoisotopic (exact) mass is 460 g/mol. The van der Waals surface area contributed by atoms with Gasteiger partial charge in [0.05, 0.1) is 6.54 Å². The van der Waals surface area contributed by atoms with Gasteiger partial charge in [-0.25, -0.2) is 4.98 Å². The molecule has 0 unspecified atom stereocenters. The maximum absolute atomic E-state index is 12.7. The number of nitrogens with zero attached hydrogens (tertiary/aromatic N) is 4. The van der Waals surface area contributed by atoms with Crippen molar-refractivity contribution in [2.24, 2.45) is 4.99 Å². The Labute approximate surface area is 158 Å². The highest BCUT2D eigenvalue weighted by molar-refractivity contribution is 14.0. The minimum atomic E-state index is -2.59. The van der Waals surface area contributed by atoms with Gasteiger partial charge in [-0.05, 0) is 13.5 Å². The number of likely N-dealkylation sites (N-methyl/N-ethyl adjacent to an activating group) is 1. The number of guanidine groups is 1. The second-order valence-electron chi connectivity index (χ2n) is 5.03. The molecule has 0 aliphatic heterocycles. The van der Waals surface area contributed by atoms with Crippen molar-refractivity contribution in [3.8, 4) is 0 Å². The highest BCUT2D eigenvalue weighted by atomic mass is 127. The predicted molar refractivity (Wildman–Crippen MR) is 101 cm³/mol. The van der Waals surface area contributed by atoms with Crippen molar-refractivity contribution in [3.05, 3.63) is 18.2 Å². The van der Waals surface area contributed by atoms with E-state index in [1.807, 2.05) is 7.05 Å². The van der Waals surface area contributed by atoms with Gasteiger partial charge >= 0.3 is 6.55 Å². The van der Waals surface area contributed by atoms with Crippen LogP contribution in [0.3, 0.4) is 0 Å². The Kier molecular flexibility index (Phi) is 12.7. The largest absolute Gasteiger partial charge is 0.385 e. The molecule has 0 saturated carbocycles. The molecule has 1 rings (SSSR count). The number of halogens is 3. The number of aromatic nitrogens is 2. The minimum absolute atomic E-state index is 0. The third-order valence-corrected chi connectivity index (χ3v) is 3.27. The average molecular weight is 460 g/mol. The topological polar surface area (TPSA) is 66.7 Å². The first-order valence-corrected chi connectivity index (χ1v) is 7.50. The van der Waals surface area contributed by atoms with E-state index in [0.717, 1.165) is 30.7 Å². The van der Waals surface area contributed by atoms with Crippen LogP contribution >= 0.6 is 24.0 Å². The van der Waals surface area contributed by atoms with Gasteiger partial charge in [-0.2, -0.15) is 8.78 Å². The average Bonchev–Trinajstić information content (AvgIpc) is 2.99. The molecule has 0 bridgehead atoms. The molecule has 1 aromatic heterocycles. The third kappa shape index (κ3) is 8.73. The van der Waals surface area contributed by atoms with Crippen molar-refractivity contribution in [3.63, 3.8) is 0 Å². The summed E-state index contributed by atoms with van der Waals surface area (Å²) in [5, 5.41) is 6.12. The van der Waals surface area contributed by atoms with E-state index < -0.39 is 6.55 Å². The molecule has 0 atom stereocenters.